The largest absolute Gasteiger partial charge is 0.504 e. The number of benzene rings is 3. The van der Waals surface area contributed by atoms with Crippen molar-refractivity contribution in [3.8, 4) is 23.0 Å². The van der Waals surface area contributed by atoms with Crippen LogP contribution in [0.2, 0.25) is 0 Å². The number of ether oxygens (including phenoxy) is 2. The Morgan fingerprint density at radius 1 is 1.00 bits per heavy atom. The molecule has 6 rings (SSSR count). The number of amides is 3. The summed E-state index contributed by atoms with van der Waals surface area (Å²) in [6.07, 6.45) is 2.75. The summed E-state index contributed by atoms with van der Waals surface area (Å²) in [6.45, 7) is 0.334. The Kier molecular flexibility index (Phi) is 8.01. The number of aromatic hydroxyl groups is 1. The van der Waals surface area contributed by atoms with Crippen molar-refractivity contribution < 1.29 is 33.4 Å². The molecule has 1 aliphatic carbocycles. The number of primary amides is 1. The maximum atomic E-state index is 13.7. The van der Waals surface area contributed by atoms with Crippen molar-refractivity contribution in [2.45, 2.75) is 19.3 Å². The number of nitrogens with zero attached hydrogens (tertiary/aromatic N) is 2. The summed E-state index contributed by atoms with van der Waals surface area (Å²) in [5.41, 5.74) is 6.71. The standard InChI is InChI=1S/C34H30FN5O6/c1-45-29-11-2-20(18-27(29)41)12-16-38-31(42)26-19-25-28(13-17-37-30(25)39-26)46-24-9-7-23(8-10-24)40(22-5-3-21(35)4-6-22)33(44)34(14-15-34)32(36)43/h2-11,13,17-19,41H,12,14-16H2,1H3,(H2,36,43)(H,37,39)(H,38,42). The average molecular weight is 624 g/mol. The molecule has 0 unspecified atom stereocenters. The summed E-state index contributed by atoms with van der Waals surface area (Å²) in [4.78, 5) is 47.3. The molecule has 3 amide bonds. The first-order chi connectivity index (χ1) is 22.2. The second kappa shape index (κ2) is 12.2. The molecule has 2 heterocycles. The molecule has 0 saturated heterocycles. The number of H-pyrrole nitrogens is 1. The second-order valence-corrected chi connectivity index (χ2v) is 10.9. The van der Waals surface area contributed by atoms with E-state index in [4.69, 9.17) is 15.2 Å². The Morgan fingerprint density at radius 3 is 2.33 bits per heavy atom. The van der Waals surface area contributed by atoms with Gasteiger partial charge in [-0.2, -0.15) is 0 Å². The van der Waals surface area contributed by atoms with E-state index < -0.39 is 23.0 Å². The summed E-state index contributed by atoms with van der Waals surface area (Å²) in [6, 6.07) is 20.4. The lowest BCUT2D eigenvalue weighted by atomic mass is 10.0. The maximum absolute atomic E-state index is 13.7. The number of anilines is 2. The molecule has 0 bridgehead atoms. The monoisotopic (exact) mass is 623 g/mol. The van der Waals surface area contributed by atoms with Crippen molar-refractivity contribution in [1.29, 1.82) is 0 Å². The Bertz CT molecular complexity index is 1940. The number of hydrogen-bond acceptors (Lipinski definition) is 7. The van der Waals surface area contributed by atoms with Gasteiger partial charge in [-0.15, -0.1) is 0 Å². The number of rotatable bonds is 11. The van der Waals surface area contributed by atoms with Gasteiger partial charge in [0.15, 0.2) is 11.5 Å². The lowest BCUT2D eigenvalue weighted by Crippen LogP contribution is -2.41. The summed E-state index contributed by atoms with van der Waals surface area (Å²) in [7, 11) is 1.48. The van der Waals surface area contributed by atoms with Crippen LogP contribution in [-0.2, 0) is 16.0 Å². The van der Waals surface area contributed by atoms with E-state index in [2.05, 4.69) is 15.3 Å². The first-order valence-electron chi connectivity index (χ1n) is 14.5. The van der Waals surface area contributed by atoms with Crippen LogP contribution in [-0.4, -0.2) is 46.5 Å². The molecule has 5 aromatic rings. The normalized spacial score (nSPS) is 13.2. The molecule has 5 N–H and O–H groups in total. The number of nitrogens with one attached hydrogen (secondary N) is 2. The van der Waals surface area contributed by atoms with Crippen molar-refractivity contribution >= 4 is 40.1 Å². The van der Waals surface area contributed by atoms with Crippen molar-refractivity contribution in [1.82, 2.24) is 15.3 Å². The third-order valence-electron chi connectivity index (χ3n) is 7.92. The van der Waals surface area contributed by atoms with Crippen molar-refractivity contribution in [3.05, 3.63) is 102 Å². The van der Waals surface area contributed by atoms with Gasteiger partial charge in [0, 0.05) is 24.1 Å². The minimum Gasteiger partial charge on any atom is -0.504 e. The zero-order chi connectivity index (χ0) is 32.4. The predicted octanol–water partition coefficient (Wildman–Crippen LogP) is 5.11. The fraction of sp³-hybridized carbons (Fsp3) is 0.176. The zero-order valence-corrected chi connectivity index (χ0v) is 24.7. The van der Waals surface area contributed by atoms with Crippen LogP contribution in [0.1, 0.15) is 28.9 Å². The number of fused-ring (bicyclic) bond motifs is 1. The van der Waals surface area contributed by atoms with Crippen molar-refractivity contribution in [3.63, 3.8) is 0 Å². The van der Waals surface area contributed by atoms with Gasteiger partial charge in [0.2, 0.25) is 11.8 Å². The fourth-order valence-corrected chi connectivity index (χ4v) is 5.19. The molecule has 0 spiro atoms. The number of hydrogen-bond donors (Lipinski definition) is 4. The quantitative estimate of drug-likeness (QED) is 0.149. The van der Waals surface area contributed by atoms with E-state index in [1.54, 1.807) is 54.7 Å². The number of aromatic amines is 1. The van der Waals surface area contributed by atoms with Crippen molar-refractivity contribution in [2.24, 2.45) is 11.1 Å². The van der Waals surface area contributed by atoms with Gasteiger partial charge < -0.3 is 30.6 Å². The summed E-state index contributed by atoms with van der Waals surface area (Å²) >= 11 is 0. The van der Waals surface area contributed by atoms with E-state index >= 15 is 0 Å². The number of aromatic nitrogens is 2. The van der Waals surface area contributed by atoms with Crippen LogP contribution < -0.4 is 25.4 Å². The fourth-order valence-electron chi connectivity index (χ4n) is 5.19. The van der Waals surface area contributed by atoms with E-state index in [-0.39, 0.29) is 11.7 Å². The topological polar surface area (TPSA) is 160 Å². The SMILES string of the molecule is COc1ccc(CCNC(=O)c2cc3c(Oc4ccc(N(C(=O)C5(C(N)=O)CC5)c5ccc(F)cc5)cc4)ccnc3[nH]2)cc1O. The minimum absolute atomic E-state index is 0.0311. The van der Waals surface area contributed by atoms with Gasteiger partial charge in [-0.05, 0) is 97.6 Å². The molecule has 1 fully saturated rings. The average Bonchev–Trinajstić information content (AvgIpc) is 3.75. The molecule has 1 saturated carbocycles. The maximum Gasteiger partial charge on any atom is 0.267 e. The highest BCUT2D eigenvalue weighted by Gasteiger charge is 2.57. The summed E-state index contributed by atoms with van der Waals surface area (Å²) in [5.74, 6) is -0.669. The number of phenolic OH excluding ortho intramolecular Hbond substituents is 1. The highest BCUT2D eigenvalue weighted by Crippen LogP contribution is 2.49. The first-order valence-corrected chi connectivity index (χ1v) is 14.5. The highest BCUT2D eigenvalue weighted by molar-refractivity contribution is 6.16. The molecule has 11 nitrogen and oxygen atoms in total. The van der Waals surface area contributed by atoms with Crippen LogP contribution in [0, 0.1) is 11.2 Å². The molecule has 2 aromatic heterocycles. The number of carbonyl (C=O) groups excluding carboxylic acids is 3. The van der Waals surface area contributed by atoms with Gasteiger partial charge in [-0.1, -0.05) is 6.07 Å². The van der Waals surface area contributed by atoms with Crippen LogP contribution in [0.15, 0.2) is 85.1 Å². The number of carbonyl (C=O) groups is 3. The Balaban J connectivity index is 1.17. The molecule has 0 atom stereocenters. The van der Waals surface area contributed by atoms with E-state index in [0.717, 1.165) is 5.56 Å². The third kappa shape index (κ3) is 5.92. The predicted molar refractivity (Wildman–Crippen MR) is 168 cm³/mol. The van der Waals surface area contributed by atoms with Crippen LogP contribution in [0.3, 0.4) is 0 Å². The van der Waals surface area contributed by atoms with Gasteiger partial charge in [0.05, 0.1) is 12.5 Å². The van der Waals surface area contributed by atoms with E-state index in [9.17, 15) is 23.9 Å². The number of phenols is 1. The molecule has 12 heteroatoms. The van der Waals surface area contributed by atoms with Gasteiger partial charge in [-0.3, -0.25) is 19.3 Å². The van der Waals surface area contributed by atoms with Gasteiger partial charge in [-0.25, -0.2) is 9.37 Å². The Labute approximate surface area is 262 Å². The van der Waals surface area contributed by atoms with Crippen LogP contribution in [0.5, 0.6) is 23.0 Å². The van der Waals surface area contributed by atoms with Gasteiger partial charge in [0.1, 0.15) is 34.1 Å². The second-order valence-electron chi connectivity index (χ2n) is 10.9. The molecular weight excluding hydrogens is 593 g/mol. The molecule has 234 valence electrons. The molecule has 0 aliphatic heterocycles. The number of methoxy groups -OCH3 is 1. The lowest BCUT2D eigenvalue weighted by Gasteiger charge is -2.26. The molecule has 1 aliphatic rings. The van der Waals surface area contributed by atoms with Crippen LogP contribution >= 0.6 is 0 Å². The van der Waals surface area contributed by atoms with Crippen LogP contribution in [0.25, 0.3) is 11.0 Å². The van der Waals surface area contributed by atoms with Crippen molar-refractivity contribution in [2.75, 3.05) is 18.6 Å². The molecular formula is C34H30FN5O6. The molecule has 46 heavy (non-hydrogen) atoms. The number of halogens is 1. The Morgan fingerprint density at radius 2 is 1.70 bits per heavy atom. The first kappa shape index (κ1) is 30.1. The smallest absolute Gasteiger partial charge is 0.267 e. The van der Waals surface area contributed by atoms with Gasteiger partial charge >= 0.3 is 0 Å². The minimum atomic E-state index is -1.29. The number of pyridine rings is 1. The number of nitrogens with two attached hydrogens (primary N) is 1. The van der Waals surface area contributed by atoms with E-state index in [1.807, 2.05) is 6.07 Å². The zero-order valence-electron chi connectivity index (χ0n) is 24.7. The molecule has 3 aromatic carbocycles. The summed E-state index contributed by atoms with van der Waals surface area (Å²) in [5, 5.41) is 13.4. The van der Waals surface area contributed by atoms with Crippen LogP contribution in [0.4, 0.5) is 15.8 Å². The van der Waals surface area contributed by atoms with E-state index in [1.165, 1.54) is 36.3 Å². The summed E-state index contributed by atoms with van der Waals surface area (Å²) < 4.78 is 24.9. The molecule has 0 radical (unpaired) electrons. The third-order valence-corrected chi connectivity index (χ3v) is 7.92. The highest BCUT2D eigenvalue weighted by atomic mass is 19.1. The van der Waals surface area contributed by atoms with Gasteiger partial charge in [0.25, 0.3) is 5.91 Å². The van der Waals surface area contributed by atoms with E-state index in [0.29, 0.717) is 71.2 Å². The Hall–Kier alpha value is -5.91. The lowest BCUT2D eigenvalue weighted by molar-refractivity contribution is -0.133.